The minimum atomic E-state index is -0.951. The lowest BCUT2D eigenvalue weighted by Crippen LogP contribution is -2.37. The van der Waals surface area contributed by atoms with Gasteiger partial charge in [-0.25, -0.2) is 14.0 Å². The molecule has 6 nitrogen and oxygen atoms in total. The lowest BCUT2D eigenvalue weighted by atomic mass is 9.84. The van der Waals surface area contributed by atoms with Crippen LogP contribution in [0.15, 0.2) is 24.3 Å². The number of hydrogen-bond donors (Lipinski definition) is 2. The topological polar surface area (TPSA) is 105 Å². The Morgan fingerprint density at radius 2 is 1.53 bits per heavy atom. The molecule has 0 bridgehead atoms. The fraction of sp³-hybridized carbons (Fsp3) is 0.333. The van der Waals surface area contributed by atoms with Gasteiger partial charge < -0.3 is 20.9 Å². The molecule has 4 N–H and O–H groups in total. The zero-order valence-electron chi connectivity index (χ0n) is 10.4. The van der Waals surface area contributed by atoms with E-state index in [9.17, 15) is 14.0 Å². The Labute approximate surface area is 109 Å². The Hall–Kier alpha value is -2.31. The maximum Gasteiger partial charge on any atom is 0.404 e. The quantitative estimate of drug-likeness (QED) is 0.840. The van der Waals surface area contributed by atoms with Gasteiger partial charge in [0.05, 0.1) is 5.41 Å². The molecule has 0 radical (unpaired) electrons. The van der Waals surface area contributed by atoms with E-state index in [1.54, 1.807) is 6.92 Å². The summed E-state index contributed by atoms with van der Waals surface area (Å²) in [5, 5.41) is 0. The van der Waals surface area contributed by atoms with Gasteiger partial charge in [0, 0.05) is 0 Å². The van der Waals surface area contributed by atoms with Crippen molar-refractivity contribution in [2.75, 3.05) is 13.2 Å². The van der Waals surface area contributed by atoms with Crippen molar-refractivity contribution in [3.63, 3.8) is 0 Å². The van der Waals surface area contributed by atoms with Gasteiger partial charge in [-0.05, 0) is 24.6 Å². The second-order valence-corrected chi connectivity index (χ2v) is 4.28. The largest absolute Gasteiger partial charge is 0.449 e. The third kappa shape index (κ3) is 4.46. The number of ether oxygens (including phenoxy) is 2. The van der Waals surface area contributed by atoms with E-state index in [1.165, 1.54) is 24.3 Å². The smallest absolute Gasteiger partial charge is 0.404 e. The molecule has 0 aliphatic rings. The van der Waals surface area contributed by atoms with Crippen LogP contribution >= 0.6 is 0 Å². The zero-order chi connectivity index (χ0) is 14.5. The molecule has 0 unspecified atom stereocenters. The molecule has 0 aliphatic heterocycles. The molecule has 0 saturated heterocycles. The first kappa shape index (κ1) is 14.7. The van der Waals surface area contributed by atoms with Gasteiger partial charge >= 0.3 is 12.2 Å². The summed E-state index contributed by atoms with van der Waals surface area (Å²) in [7, 11) is 0. The van der Waals surface area contributed by atoms with Crippen molar-refractivity contribution in [1.82, 2.24) is 0 Å². The average Bonchev–Trinajstić information content (AvgIpc) is 2.35. The monoisotopic (exact) mass is 270 g/mol. The van der Waals surface area contributed by atoms with E-state index in [4.69, 9.17) is 20.9 Å². The van der Waals surface area contributed by atoms with Crippen molar-refractivity contribution in [3.05, 3.63) is 35.6 Å². The molecule has 0 heterocycles. The summed E-state index contributed by atoms with van der Waals surface area (Å²) in [6.07, 6.45) is -1.90. The van der Waals surface area contributed by atoms with Crippen molar-refractivity contribution < 1.29 is 23.5 Å². The molecule has 0 fully saturated rings. The van der Waals surface area contributed by atoms with E-state index < -0.39 is 23.4 Å². The number of carbonyl (C=O) groups excluding carboxylic acids is 2. The van der Waals surface area contributed by atoms with Crippen molar-refractivity contribution in [3.8, 4) is 0 Å². The standard InChI is InChI=1S/C12H15FN2O4/c1-12(6-18-10(14)16,7-19-11(15)17)8-2-4-9(13)5-3-8/h2-5H,6-7H2,1H3,(H2,14,16)(H2,15,17). The van der Waals surface area contributed by atoms with Gasteiger partial charge in [-0.3, -0.25) is 0 Å². The first-order valence-electron chi connectivity index (χ1n) is 5.44. The highest BCUT2D eigenvalue weighted by atomic mass is 19.1. The van der Waals surface area contributed by atoms with Gasteiger partial charge in [0.15, 0.2) is 0 Å². The molecule has 0 saturated carbocycles. The van der Waals surface area contributed by atoms with Gasteiger partial charge in [-0.1, -0.05) is 12.1 Å². The predicted octanol–water partition coefficient (Wildman–Crippen LogP) is 1.27. The van der Waals surface area contributed by atoms with Crippen LogP contribution < -0.4 is 11.5 Å². The highest BCUT2D eigenvalue weighted by Gasteiger charge is 2.30. The number of amides is 2. The van der Waals surface area contributed by atoms with Gasteiger partial charge in [0.2, 0.25) is 0 Å². The van der Waals surface area contributed by atoms with E-state index >= 15 is 0 Å². The molecule has 104 valence electrons. The molecule has 19 heavy (non-hydrogen) atoms. The van der Waals surface area contributed by atoms with Gasteiger partial charge in [-0.15, -0.1) is 0 Å². The second-order valence-electron chi connectivity index (χ2n) is 4.28. The average molecular weight is 270 g/mol. The number of hydrogen-bond acceptors (Lipinski definition) is 4. The first-order valence-corrected chi connectivity index (χ1v) is 5.44. The molecule has 0 aliphatic carbocycles. The van der Waals surface area contributed by atoms with E-state index in [1.807, 2.05) is 0 Å². The van der Waals surface area contributed by atoms with E-state index in [-0.39, 0.29) is 13.2 Å². The SMILES string of the molecule is CC(COC(N)=O)(COC(N)=O)c1ccc(F)cc1. The summed E-state index contributed by atoms with van der Waals surface area (Å²) >= 11 is 0. The molecule has 2 amide bonds. The molecule has 0 atom stereocenters. The minimum Gasteiger partial charge on any atom is -0.449 e. The molecule has 7 heteroatoms. The lowest BCUT2D eigenvalue weighted by Gasteiger charge is -2.28. The van der Waals surface area contributed by atoms with Crippen LogP contribution in [0.5, 0.6) is 0 Å². The van der Waals surface area contributed by atoms with Gasteiger partial charge in [0.25, 0.3) is 0 Å². The fourth-order valence-corrected chi connectivity index (χ4v) is 1.52. The van der Waals surface area contributed by atoms with Crippen molar-refractivity contribution in [2.24, 2.45) is 11.5 Å². The van der Waals surface area contributed by atoms with E-state index in [0.717, 1.165) is 0 Å². The lowest BCUT2D eigenvalue weighted by molar-refractivity contribution is 0.0816. The number of rotatable bonds is 5. The normalized spacial score (nSPS) is 10.8. The van der Waals surface area contributed by atoms with Crippen LogP contribution in [0.1, 0.15) is 12.5 Å². The maximum atomic E-state index is 12.9. The fourth-order valence-electron chi connectivity index (χ4n) is 1.52. The van der Waals surface area contributed by atoms with E-state index in [2.05, 4.69) is 0 Å². The number of carbonyl (C=O) groups is 2. The van der Waals surface area contributed by atoms with E-state index in [0.29, 0.717) is 5.56 Å². The van der Waals surface area contributed by atoms with Crippen LogP contribution in [0.25, 0.3) is 0 Å². The van der Waals surface area contributed by atoms with Crippen LogP contribution in [0.4, 0.5) is 14.0 Å². The molecule has 1 aromatic carbocycles. The number of primary amides is 2. The third-order valence-corrected chi connectivity index (χ3v) is 2.61. The summed E-state index contributed by atoms with van der Waals surface area (Å²) in [6, 6.07) is 5.51. The van der Waals surface area contributed by atoms with Gasteiger partial charge in [0.1, 0.15) is 19.0 Å². The number of nitrogens with two attached hydrogens (primary N) is 2. The summed E-state index contributed by atoms with van der Waals surface area (Å²) < 4.78 is 22.4. The maximum absolute atomic E-state index is 12.9. The van der Waals surface area contributed by atoms with Crippen LogP contribution in [-0.4, -0.2) is 25.4 Å². The molecular formula is C12H15FN2O4. The van der Waals surface area contributed by atoms with Crippen molar-refractivity contribution in [1.29, 1.82) is 0 Å². The minimum absolute atomic E-state index is 0.124. The summed E-state index contributed by atoms with van der Waals surface area (Å²) in [4.78, 5) is 21.4. The Kier molecular flexibility index (Phi) is 4.68. The van der Waals surface area contributed by atoms with Crippen LogP contribution in [0.3, 0.4) is 0 Å². The number of benzene rings is 1. The predicted molar refractivity (Wildman–Crippen MR) is 64.8 cm³/mol. The highest BCUT2D eigenvalue weighted by Crippen LogP contribution is 2.25. The molecule has 1 rings (SSSR count). The molecule has 0 spiro atoms. The van der Waals surface area contributed by atoms with Crippen LogP contribution in [0, 0.1) is 5.82 Å². The van der Waals surface area contributed by atoms with Crippen molar-refractivity contribution in [2.45, 2.75) is 12.3 Å². The Morgan fingerprint density at radius 1 is 1.11 bits per heavy atom. The van der Waals surface area contributed by atoms with Crippen LogP contribution in [0.2, 0.25) is 0 Å². The third-order valence-electron chi connectivity index (χ3n) is 2.61. The second kappa shape index (κ2) is 6.03. The Morgan fingerprint density at radius 3 is 1.89 bits per heavy atom. The highest BCUT2D eigenvalue weighted by molar-refractivity contribution is 5.65. The molecular weight excluding hydrogens is 255 g/mol. The summed E-state index contributed by atoms with van der Waals surface area (Å²) in [5.74, 6) is -0.405. The van der Waals surface area contributed by atoms with Crippen LogP contribution in [-0.2, 0) is 14.9 Å². The summed E-state index contributed by atoms with van der Waals surface area (Å²) in [5.41, 5.74) is 9.57. The summed E-state index contributed by atoms with van der Waals surface area (Å²) in [6.45, 7) is 1.43. The Bertz CT molecular complexity index is 443. The Balaban J connectivity index is 2.92. The molecule has 1 aromatic rings. The first-order chi connectivity index (χ1) is 8.83. The number of halogens is 1. The zero-order valence-corrected chi connectivity index (χ0v) is 10.4. The van der Waals surface area contributed by atoms with Crippen molar-refractivity contribution >= 4 is 12.2 Å². The van der Waals surface area contributed by atoms with Gasteiger partial charge in [-0.2, -0.15) is 0 Å². The molecule has 0 aromatic heterocycles.